The van der Waals surface area contributed by atoms with Crippen LogP contribution in [0.2, 0.25) is 0 Å². The van der Waals surface area contributed by atoms with E-state index in [1.165, 1.54) is 38.1 Å². The second-order valence-corrected chi connectivity index (χ2v) is 10.6. The number of rotatable bonds is 13. The first-order chi connectivity index (χ1) is 18.9. The summed E-state index contributed by atoms with van der Waals surface area (Å²) >= 11 is 0. The fourth-order valence-corrected chi connectivity index (χ4v) is 4.40. The Kier molecular flexibility index (Phi) is 13.0. The summed E-state index contributed by atoms with van der Waals surface area (Å²) < 4.78 is 17.0. The van der Waals surface area contributed by atoms with Gasteiger partial charge in [-0.1, -0.05) is 23.7 Å². The Hall–Kier alpha value is -3.53. The van der Waals surface area contributed by atoms with Crippen molar-refractivity contribution in [1.29, 1.82) is 0 Å². The zero-order chi connectivity index (χ0) is 29.7. The Morgan fingerprint density at radius 3 is 2.50 bits per heavy atom. The van der Waals surface area contributed by atoms with E-state index in [0.717, 1.165) is 29.7 Å². The molecule has 0 amide bonds. The molecule has 0 aliphatic carbocycles. The third kappa shape index (κ3) is 11.3. The predicted octanol–water partition coefficient (Wildman–Crippen LogP) is 6.48. The maximum absolute atomic E-state index is 11.9. The average molecular weight is 559 g/mol. The van der Waals surface area contributed by atoms with Gasteiger partial charge < -0.3 is 19.0 Å². The lowest BCUT2D eigenvalue weighted by molar-refractivity contribution is -0.384. The fraction of sp³-hybridized carbons (Fsp3) is 0.567. The number of hydrogen-bond donors (Lipinski definition) is 0. The van der Waals surface area contributed by atoms with E-state index in [0.29, 0.717) is 38.0 Å². The van der Waals surface area contributed by atoms with Gasteiger partial charge in [0.25, 0.3) is 5.69 Å². The number of ether oxygens (including phenoxy) is 3. The van der Waals surface area contributed by atoms with Crippen LogP contribution in [0, 0.1) is 16.0 Å². The van der Waals surface area contributed by atoms with Crippen LogP contribution in [-0.4, -0.2) is 47.5 Å². The van der Waals surface area contributed by atoms with Crippen molar-refractivity contribution in [2.45, 2.75) is 91.8 Å². The van der Waals surface area contributed by atoms with Crippen molar-refractivity contribution < 1.29 is 33.6 Å². The summed E-state index contributed by atoms with van der Waals surface area (Å²) in [5, 5.41) is 15.3. The highest BCUT2D eigenvalue weighted by molar-refractivity contribution is 5.87. The lowest BCUT2D eigenvalue weighted by atomic mass is 9.87. The zero-order valence-corrected chi connectivity index (χ0v) is 24.4. The Balaban J connectivity index is 2.08. The number of non-ortho nitro benzene ring substituents is 1. The quantitative estimate of drug-likeness (QED) is 0.0885. The van der Waals surface area contributed by atoms with Crippen LogP contribution in [0.15, 0.2) is 52.7 Å². The number of hydrogen-bond acceptors (Lipinski definition) is 9. The Bertz CT molecular complexity index is 1110. The first-order valence-electron chi connectivity index (χ1n) is 13.6. The highest BCUT2D eigenvalue weighted by Gasteiger charge is 2.39. The molecule has 1 heterocycles. The molecule has 1 aliphatic heterocycles. The summed E-state index contributed by atoms with van der Waals surface area (Å²) in [6, 6.07) is 5.82. The molecule has 0 N–H and O–H groups in total. The predicted molar refractivity (Wildman–Crippen MR) is 152 cm³/mol. The van der Waals surface area contributed by atoms with Crippen LogP contribution in [0.4, 0.5) is 5.69 Å². The fourth-order valence-electron chi connectivity index (χ4n) is 4.40. The molecule has 0 aromatic heterocycles. The van der Waals surface area contributed by atoms with Gasteiger partial charge >= 0.3 is 11.9 Å². The molecule has 2 rings (SSSR count). The number of nitro benzene ring substituents is 1. The third-order valence-corrected chi connectivity index (χ3v) is 6.88. The number of nitrogens with zero attached hydrogens (tertiary/aromatic N) is 2. The maximum Gasteiger partial charge on any atom is 0.303 e. The third-order valence-electron chi connectivity index (χ3n) is 6.88. The number of allylic oxidation sites excluding steroid dienone is 2. The van der Waals surface area contributed by atoms with Gasteiger partial charge in [0.2, 0.25) is 0 Å². The van der Waals surface area contributed by atoms with Crippen molar-refractivity contribution in [3.63, 3.8) is 0 Å². The molecular formula is C30H42N2O8. The van der Waals surface area contributed by atoms with Crippen LogP contribution in [0.1, 0.15) is 80.1 Å². The highest BCUT2D eigenvalue weighted by Crippen LogP contribution is 2.34. The molecule has 1 aromatic rings. The van der Waals surface area contributed by atoms with E-state index in [2.05, 4.69) is 18.2 Å². The van der Waals surface area contributed by atoms with Crippen LogP contribution in [0.5, 0.6) is 5.75 Å². The molecule has 3 atom stereocenters. The standard InChI is InChI=1S/C30H42N2O8/c1-21(2)9-15-28(31-40-27-13-11-26(12-14-27)32(35)36)22(3)8-7-18-30(6)29(39-24(5)34)16-10-25(20-38-30)17-19-37-23(4)33/h9,11-14,17,22,29H,7-8,10,15-16,18-20H2,1-6H3/t22?,29-,30+/m1/s1. The smallest absolute Gasteiger partial charge is 0.303 e. The summed E-state index contributed by atoms with van der Waals surface area (Å²) in [5.74, 6) is -0.170. The molecule has 10 nitrogen and oxygen atoms in total. The van der Waals surface area contributed by atoms with Crippen molar-refractivity contribution in [1.82, 2.24) is 0 Å². The second-order valence-electron chi connectivity index (χ2n) is 10.6. The summed E-state index contributed by atoms with van der Waals surface area (Å²) in [6.45, 7) is 11.5. The average Bonchev–Trinajstić information content (AvgIpc) is 3.02. The molecule has 1 saturated heterocycles. The van der Waals surface area contributed by atoms with Crippen molar-refractivity contribution in [3.8, 4) is 5.75 Å². The lowest BCUT2D eigenvalue weighted by Gasteiger charge is -2.35. The first-order valence-corrected chi connectivity index (χ1v) is 13.6. The molecule has 1 unspecified atom stereocenters. The second kappa shape index (κ2) is 15.9. The summed E-state index contributed by atoms with van der Waals surface area (Å²) in [4.78, 5) is 39.0. The van der Waals surface area contributed by atoms with E-state index >= 15 is 0 Å². The Morgan fingerprint density at radius 1 is 1.20 bits per heavy atom. The van der Waals surface area contributed by atoms with Gasteiger partial charge in [-0.2, -0.15) is 0 Å². The largest absolute Gasteiger partial charge is 0.462 e. The van der Waals surface area contributed by atoms with Gasteiger partial charge in [0, 0.05) is 32.4 Å². The van der Waals surface area contributed by atoms with Crippen LogP contribution in [-0.2, 0) is 23.8 Å². The number of nitro groups is 1. The number of oxime groups is 1. The van der Waals surface area contributed by atoms with Crippen molar-refractivity contribution in [2.75, 3.05) is 13.2 Å². The van der Waals surface area contributed by atoms with Gasteiger partial charge in [-0.3, -0.25) is 19.7 Å². The van der Waals surface area contributed by atoms with Gasteiger partial charge in [-0.15, -0.1) is 0 Å². The Labute approximate surface area is 236 Å². The van der Waals surface area contributed by atoms with Crippen LogP contribution >= 0.6 is 0 Å². The first kappa shape index (κ1) is 32.7. The maximum atomic E-state index is 11.9. The molecule has 0 saturated carbocycles. The van der Waals surface area contributed by atoms with E-state index in [1.54, 1.807) is 0 Å². The molecule has 40 heavy (non-hydrogen) atoms. The number of carbonyl (C=O) groups is 2. The molecule has 0 radical (unpaired) electrons. The normalized spacial score (nSPS) is 21.2. The minimum Gasteiger partial charge on any atom is -0.462 e. The summed E-state index contributed by atoms with van der Waals surface area (Å²) in [6.07, 6.45) is 7.75. The molecule has 1 fully saturated rings. The van der Waals surface area contributed by atoms with Gasteiger partial charge in [-0.25, -0.2) is 0 Å². The number of benzene rings is 1. The van der Waals surface area contributed by atoms with Crippen LogP contribution < -0.4 is 4.84 Å². The topological polar surface area (TPSA) is 127 Å². The van der Waals surface area contributed by atoms with E-state index < -0.39 is 16.6 Å². The molecule has 0 spiro atoms. The van der Waals surface area contributed by atoms with E-state index in [1.807, 2.05) is 26.8 Å². The summed E-state index contributed by atoms with van der Waals surface area (Å²) in [5.41, 5.74) is 2.35. The van der Waals surface area contributed by atoms with E-state index in [4.69, 9.17) is 19.0 Å². The van der Waals surface area contributed by atoms with Crippen molar-refractivity contribution >= 4 is 23.3 Å². The van der Waals surface area contributed by atoms with Crippen molar-refractivity contribution in [3.05, 3.63) is 57.7 Å². The van der Waals surface area contributed by atoms with Gasteiger partial charge in [0.15, 0.2) is 5.75 Å². The molecular weight excluding hydrogens is 516 g/mol. The number of carbonyl (C=O) groups excluding carboxylic acids is 2. The van der Waals surface area contributed by atoms with Gasteiger partial charge in [-0.05, 0) is 82.6 Å². The van der Waals surface area contributed by atoms with Crippen molar-refractivity contribution in [2.24, 2.45) is 11.1 Å². The van der Waals surface area contributed by atoms with E-state index in [9.17, 15) is 19.7 Å². The zero-order valence-electron chi connectivity index (χ0n) is 24.4. The highest BCUT2D eigenvalue weighted by atomic mass is 16.6. The molecule has 220 valence electrons. The van der Waals surface area contributed by atoms with Gasteiger partial charge in [0.05, 0.1) is 17.2 Å². The number of esters is 2. The van der Waals surface area contributed by atoms with Gasteiger partial charge in [0.1, 0.15) is 18.3 Å². The monoisotopic (exact) mass is 558 g/mol. The summed E-state index contributed by atoms with van der Waals surface area (Å²) in [7, 11) is 0. The molecule has 1 aliphatic rings. The lowest BCUT2D eigenvalue weighted by Crippen LogP contribution is -2.43. The van der Waals surface area contributed by atoms with Crippen LogP contribution in [0.3, 0.4) is 0 Å². The molecule has 0 bridgehead atoms. The van der Waals surface area contributed by atoms with E-state index in [-0.39, 0.29) is 30.2 Å². The van der Waals surface area contributed by atoms with Crippen LogP contribution in [0.25, 0.3) is 0 Å². The minimum atomic E-state index is -0.672. The minimum absolute atomic E-state index is 0.0113. The Morgan fingerprint density at radius 2 is 1.90 bits per heavy atom. The molecule has 10 heteroatoms. The molecule has 1 aromatic carbocycles. The SMILES string of the molecule is CC(=O)OCC=C1CC[C@@H](OC(C)=O)[C@](C)(CCCC(C)C(CC=C(C)C)=NOc2ccc([N+](=O)[O-])cc2)OC1.